The summed E-state index contributed by atoms with van der Waals surface area (Å²) in [5.41, 5.74) is 1.66. The fraction of sp³-hybridized carbons (Fsp3) is 0.0769. The minimum atomic E-state index is -0.0908. The molecule has 0 radical (unpaired) electrons. The lowest BCUT2D eigenvalue weighted by atomic mass is 10.2. The number of hydrogen-bond donors (Lipinski definition) is 1. The number of imidazole rings is 1. The summed E-state index contributed by atoms with van der Waals surface area (Å²) in [6, 6.07) is 7.38. The molecule has 2 aromatic heterocycles. The molecule has 19 heavy (non-hydrogen) atoms. The quantitative estimate of drug-likeness (QED) is 0.799. The largest absolute Gasteiger partial charge is 0.346 e. The fourth-order valence-corrected chi connectivity index (χ4v) is 3.13. The van der Waals surface area contributed by atoms with E-state index in [-0.39, 0.29) is 5.91 Å². The van der Waals surface area contributed by atoms with E-state index < -0.39 is 0 Å². The molecule has 2 heterocycles. The SMILES string of the molecule is O=C(NCc1csc2nccn12)c1ccccc1Br. The van der Waals surface area contributed by atoms with Crippen LogP contribution in [-0.2, 0) is 6.54 Å². The van der Waals surface area contributed by atoms with Crippen LogP contribution in [0.2, 0.25) is 0 Å². The van der Waals surface area contributed by atoms with Crippen LogP contribution >= 0.6 is 27.3 Å². The molecule has 0 aliphatic carbocycles. The number of hydrogen-bond acceptors (Lipinski definition) is 3. The Morgan fingerprint density at radius 3 is 3.11 bits per heavy atom. The van der Waals surface area contributed by atoms with Gasteiger partial charge in [-0.25, -0.2) is 4.98 Å². The summed E-state index contributed by atoms with van der Waals surface area (Å²) in [5.74, 6) is -0.0908. The predicted molar refractivity (Wildman–Crippen MR) is 78.4 cm³/mol. The number of fused-ring (bicyclic) bond motifs is 1. The van der Waals surface area contributed by atoms with Crippen molar-refractivity contribution in [2.75, 3.05) is 0 Å². The summed E-state index contributed by atoms with van der Waals surface area (Å²) in [6.07, 6.45) is 3.65. The van der Waals surface area contributed by atoms with Crippen LogP contribution in [0.25, 0.3) is 4.96 Å². The summed E-state index contributed by atoms with van der Waals surface area (Å²) < 4.78 is 2.77. The average Bonchev–Trinajstić information content (AvgIpc) is 3.00. The third-order valence-electron chi connectivity index (χ3n) is 2.77. The monoisotopic (exact) mass is 335 g/mol. The lowest BCUT2D eigenvalue weighted by Crippen LogP contribution is -2.23. The molecule has 3 rings (SSSR count). The van der Waals surface area contributed by atoms with E-state index in [1.54, 1.807) is 23.6 Å². The lowest BCUT2D eigenvalue weighted by molar-refractivity contribution is 0.0949. The van der Waals surface area contributed by atoms with Gasteiger partial charge in [-0.3, -0.25) is 9.20 Å². The summed E-state index contributed by atoms with van der Waals surface area (Å²) in [5, 5.41) is 4.92. The third kappa shape index (κ3) is 2.41. The number of aromatic nitrogens is 2. The van der Waals surface area contributed by atoms with Gasteiger partial charge in [0.1, 0.15) is 0 Å². The molecule has 0 aliphatic heterocycles. The van der Waals surface area contributed by atoms with Gasteiger partial charge in [0.05, 0.1) is 17.8 Å². The zero-order valence-corrected chi connectivity index (χ0v) is 12.2. The number of nitrogens with one attached hydrogen (secondary N) is 1. The highest BCUT2D eigenvalue weighted by Crippen LogP contribution is 2.17. The molecule has 0 bridgehead atoms. The first-order valence-corrected chi connectivity index (χ1v) is 7.35. The number of nitrogens with zero attached hydrogens (tertiary/aromatic N) is 2. The van der Waals surface area contributed by atoms with Gasteiger partial charge in [0, 0.05) is 22.2 Å². The Kier molecular flexibility index (Phi) is 3.35. The van der Waals surface area contributed by atoms with E-state index in [4.69, 9.17) is 0 Å². The Balaban J connectivity index is 1.75. The minimum absolute atomic E-state index is 0.0908. The zero-order valence-electron chi connectivity index (χ0n) is 9.84. The second kappa shape index (κ2) is 5.14. The van der Waals surface area contributed by atoms with Crippen molar-refractivity contribution < 1.29 is 4.79 Å². The van der Waals surface area contributed by atoms with E-state index in [1.165, 1.54) is 0 Å². The molecule has 6 heteroatoms. The van der Waals surface area contributed by atoms with Crippen molar-refractivity contribution in [1.82, 2.24) is 14.7 Å². The van der Waals surface area contributed by atoms with Gasteiger partial charge in [0.2, 0.25) is 0 Å². The normalized spacial score (nSPS) is 10.8. The first-order valence-electron chi connectivity index (χ1n) is 5.68. The maximum Gasteiger partial charge on any atom is 0.252 e. The number of rotatable bonds is 3. The van der Waals surface area contributed by atoms with E-state index in [0.29, 0.717) is 12.1 Å². The number of halogens is 1. The highest BCUT2D eigenvalue weighted by atomic mass is 79.9. The van der Waals surface area contributed by atoms with Crippen molar-refractivity contribution in [3.63, 3.8) is 0 Å². The molecule has 0 saturated heterocycles. The van der Waals surface area contributed by atoms with Crippen molar-refractivity contribution in [1.29, 1.82) is 0 Å². The highest BCUT2D eigenvalue weighted by Gasteiger charge is 2.10. The Morgan fingerprint density at radius 1 is 1.42 bits per heavy atom. The molecule has 1 N–H and O–H groups in total. The fourth-order valence-electron chi connectivity index (χ4n) is 1.81. The Morgan fingerprint density at radius 2 is 2.26 bits per heavy atom. The number of amides is 1. The molecule has 0 spiro atoms. The topological polar surface area (TPSA) is 46.4 Å². The average molecular weight is 336 g/mol. The van der Waals surface area contributed by atoms with Crippen molar-refractivity contribution in [2.45, 2.75) is 6.54 Å². The van der Waals surface area contributed by atoms with Crippen molar-refractivity contribution in [3.8, 4) is 0 Å². The van der Waals surface area contributed by atoms with Crippen LogP contribution in [0.1, 0.15) is 16.1 Å². The summed E-state index contributed by atoms with van der Waals surface area (Å²) in [4.78, 5) is 17.2. The van der Waals surface area contributed by atoms with E-state index in [2.05, 4.69) is 26.2 Å². The highest BCUT2D eigenvalue weighted by molar-refractivity contribution is 9.10. The molecule has 0 aliphatic rings. The van der Waals surface area contributed by atoms with Crippen molar-refractivity contribution in [3.05, 3.63) is 57.8 Å². The Hall–Kier alpha value is -1.66. The number of carbonyl (C=O) groups excluding carboxylic acids is 1. The second-order valence-electron chi connectivity index (χ2n) is 3.97. The van der Waals surface area contributed by atoms with Gasteiger partial charge in [0.25, 0.3) is 5.91 Å². The van der Waals surface area contributed by atoms with Gasteiger partial charge in [-0.15, -0.1) is 11.3 Å². The third-order valence-corrected chi connectivity index (χ3v) is 4.36. The van der Waals surface area contributed by atoms with Crippen LogP contribution in [0.5, 0.6) is 0 Å². The number of carbonyl (C=O) groups is 1. The van der Waals surface area contributed by atoms with E-state index >= 15 is 0 Å². The van der Waals surface area contributed by atoms with Gasteiger partial charge in [-0.05, 0) is 28.1 Å². The van der Waals surface area contributed by atoms with Gasteiger partial charge < -0.3 is 5.32 Å². The van der Waals surface area contributed by atoms with E-state index in [9.17, 15) is 4.79 Å². The molecule has 0 fully saturated rings. The van der Waals surface area contributed by atoms with Gasteiger partial charge in [-0.2, -0.15) is 0 Å². The molecular weight excluding hydrogens is 326 g/mol. The molecule has 0 saturated carbocycles. The molecule has 3 aromatic rings. The molecule has 1 aromatic carbocycles. The van der Waals surface area contributed by atoms with Gasteiger partial charge in [-0.1, -0.05) is 12.1 Å². The summed E-state index contributed by atoms with van der Waals surface area (Å²) in [7, 11) is 0. The predicted octanol–water partition coefficient (Wildman–Crippen LogP) is 3.09. The van der Waals surface area contributed by atoms with Gasteiger partial charge >= 0.3 is 0 Å². The lowest BCUT2D eigenvalue weighted by Gasteiger charge is -2.06. The Bertz CT molecular complexity index is 734. The first-order chi connectivity index (χ1) is 9.25. The zero-order chi connectivity index (χ0) is 13.2. The number of benzene rings is 1. The van der Waals surface area contributed by atoms with Crippen LogP contribution in [-0.4, -0.2) is 15.3 Å². The van der Waals surface area contributed by atoms with Crippen molar-refractivity contribution >= 4 is 38.1 Å². The maximum atomic E-state index is 12.1. The van der Waals surface area contributed by atoms with Crippen LogP contribution in [0.4, 0.5) is 0 Å². The van der Waals surface area contributed by atoms with E-state index in [1.807, 2.05) is 34.2 Å². The van der Waals surface area contributed by atoms with Crippen LogP contribution in [0.3, 0.4) is 0 Å². The van der Waals surface area contributed by atoms with Gasteiger partial charge in [0.15, 0.2) is 4.96 Å². The first kappa shape index (κ1) is 12.4. The minimum Gasteiger partial charge on any atom is -0.346 e. The molecule has 1 amide bonds. The standard InChI is InChI=1S/C13H10BrN3OS/c14-11-4-2-1-3-10(11)12(18)16-7-9-8-19-13-15-5-6-17(9)13/h1-6,8H,7H2,(H,16,18). The van der Waals surface area contributed by atoms with Crippen molar-refractivity contribution in [2.24, 2.45) is 0 Å². The molecule has 0 unspecified atom stereocenters. The maximum absolute atomic E-state index is 12.1. The molecule has 96 valence electrons. The van der Waals surface area contributed by atoms with E-state index in [0.717, 1.165) is 15.1 Å². The smallest absolute Gasteiger partial charge is 0.252 e. The molecular formula is C13H10BrN3OS. The molecule has 4 nitrogen and oxygen atoms in total. The molecule has 0 atom stereocenters. The van der Waals surface area contributed by atoms with Crippen LogP contribution < -0.4 is 5.32 Å². The second-order valence-corrected chi connectivity index (χ2v) is 5.66. The van der Waals surface area contributed by atoms with Crippen LogP contribution in [0.15, 0.2) is 46.5 Å². The Labute approximate surface area is 122 Å². The van der Waals surface area contributed by atoms with Crippen LogP contribution in [0, 0.1) is 0 Å². The summed E-state index contributed by atoms with van der Waals surface area (Å²) in [6.45, 7) is 0.483. The number of thiazole rings is 1. The summed E-state index contributed by atoms with van der Waals surface area (Å²) >= 11 is 4.94.